The molecular formula is C18H14FNO2. The highest BCUT2D eigenvalue weighted by atomic mass is 19.1. The Balaban J connectivity index is 1.83. The van der Waals surface area contributed by atoms with Crippen molar-refractivity contribution in [3.05, 3.63) is 77.6 Å². The van der Waals surface area contributed by atoms with Gasteiger partial charge in [-0.3, -0.25) is 4.79 Å². The molecule has 0 spiro atoms. The summed E-state index contributed by atoms with van der Waals surface area (Å²) in [7, 11) is 0. The highest BCUT2D eigenvalue weighted by molar-refractivity contribution is 6.01. The first-order chi connectivity index (χ1) is 10.6. The van der Waals surface area contributed by atoms with Crippen molar-refractivity contribution in [2.24, 2.45) is 0 Å². The molecule has 0 saturated carbocycles. The fourth-order valence-electron chi connectivity index (χ4n) is 2.32. The number of aromatic hydroxyl groups is 1. The fraction of sp³-hybridized carbons (Fsp3) is 0.0556. The minimum absolute atomic E-state index is 0.0672. The largest absolute Gasteiger partial charge is 0.507 e. The van der Waals surface area contributed by atoms with Crippen LogP contribution in [0.15, 0.2) is 60.7 Å². The summed E-state index contributed by atoms with van der Waals surface area (Å²) in [5.41, 5.74) is 0.575. The smallest absolute Gasteiger partial charge is 0.255 e. The van der Waals surface area contributed by atoms with Gasteiger partial charge in [0.15, 0.2) is 0 Å². The lowest BCUT2D eigenvalue weighted by atomic mass is 10.1. The SMILES string of the molecule is O=C(NCc1ccccc1F)c1cc2ccccc2cc1O. The maximum atomic E-state index is 13.5. The average Bonchev–Trinajstić information content (AvgIpc) is 2.53. The van der Waals surface area contributed by atoms with Crippen LogP contribution in [0.2, 0.25) is 0 Å². The number of carbonyl (C=O) groups is 1. The lowest BCUT2D eigenvalue weighted by Gasteiger charge is -2.09. The summed E-state index contributed by atoms with van der Waals surface area (Å²) >= 11 is 0. The molecule has 4 heteroatoms. The second-order valence-corrected chi connectivity index (χ2v) is 4.99. The van der Waals surface area contributed by atoms with Crippen molar-refractivity contribution in [1.29, 1.82) is 0 Å². The van der Waals surface area contributed by atoms with E-state index >= 15 is 0 Å². The quantitative estimate of drug-likeness (QED) is 0.775. The van der Waals surface area contributed by atoms with Gasteiger partial charge in [-0.1, -0.05) is 42.5 Å². The normalized spacial score (nSPS) is 10.6. The highest BCUT2D eigenvalue weighted by Gasteiger charge is 2.12. The van der Waals surface area contributed by atoms with E-state index in [0.717, 1.165) is 10.8 Å². The van der Waals surface area contributed by atoms with Crippen molar-refractivity contribution in [1.82, 2.24) is 5.32 Å². The van der Waals surface area contributed by atoms with Crippen LogP contribution in [0.25, 0.3) is 10.8 Å². The van der Waals surface area contributed by atoms with Crippen LogP contribution in [0, 0.1) is 5.82 Å². The van der Waals surface area contributed by atoms with Crippen LogP contribution in [0.5, 0.6) is 5.75 Å². The van der Waals surface area contributed by atoms with E-state index in [2.05, 4.69) is 5.32 Å². The van der Waals surface area contributed by atoms with Crippen molar-refractivity contribution >= 4 is 16.7 Å². The van der Waals surface area contributed by atoms with Crippen LogP contribution >= 0.6 is 0 Å². The molecule has 0 radical (unpaired) electrons. The third kappa shape index (κ3) is 2.76. The van der Waals surface area contributed by atoms with E-state index in [1.807, 2.05) is 24.3 Å². The molecule has 2 N–H and O–H groups in total. The molecule has 0 aliphatic carbocycles. The molecule has 3 aromatic carbocycles. The molecular weight excluding hydrogens is 281 g/mol. The Hall–Kier alpha value is -2.88. The number of benzene rings is 3. The monoisotopic (exact) mass is 295 g/mol. The summed E-state index contributed by atoms with van der Waals surface area (Å²) in [6.07, 6.45) is 0. The summed E-state index contributed by atoms with van der Waals surface area (Å²) < 4.78 is 13.5. The number of phenols is 1. The first-order valence-corrected chi connectivity index (χ1v) is 6.88. The third-order valence-corrected chi connectivity index (χ3v) is 3.51. The zero-order valence-electron chi connectivity index (χ0n) is 11.7. The molecule has 110 valence electrons. The molecule has 0 atom stereocenters. The van der Waals surface area contributed by atoms with E-state index in [0.29, 0.717) is 5.56 Å². The van der Waals surface area contributed by atoms with Crippen molar-refractivity contribution < 1.29 is 14.3 Å². The number of phenolic OH excluding ortho intramolecular Hbond substituents is 1. The molecule has 3 nitrogen and oxygen atoms in total. The van der Waals surface area contributed by atoms with Crippen molar-refractivity contribution in [3.63, 3.8) is 0 Å². The predicted octanol–water partition coefficient (Wildman–Crippen LogP) is 3.61. The number of hydrogen-bond donors (Lipinski definition) is 2. The van der Waals surface area contributed by atoms with E-state index in [4.69, 9.17) is 0 Å². The Morgan fingerprint density at radius 1 is 1.00 bits per heavy atom. The fourth-order valence-corrected chi connectivity index (χ4v) is 2.32. The molecule has 0 fully saturated rings. The number of hydrogen-bond acceptors (Lipinski definition) is 2. The molecule has 0 aromatic heterocycles. The first-order valence-electron chi connectivity index (χ1n) is 6.88. The van der Waals surface area contributed by atoms with Crippen molar-refractivity contribution in [3.8, 4) is 5.75 Å². The molecule has 0 saturated heterocycles. The zero-order chi connectivity index (χ0) is 15.5. The summed E-state index contributed by atoms with van der Waals surface area (Å²) in [5.74, 6) is -0.901. The van der Waals surface area contributed by atoms with E-state index in [1.54, 1.807) is 30.3 Å². The maximum absolute atomic E-state index is 13.5. The van der Waals surface area contributed by atoms with Gasteiger partial charge in [-0.2, -0.15) is 0 Å². The van der Waals surface area contributed by atoms with Crippen LogP contribution in [-0.4, -0.2) is 11.0 Å². The number of halogens is 1. The third-order valence-electron chi connectivity index (χ3n) is 3.51. The number of nitrogens with one attached hydrogen (secondary N) is 1. The van der Waals surface area contributed by atoms with Gasteiger partial charge in [-0.25, -0.2) is 4.39 Å². The lowest BCUT2D eigenvalue weighted by Crippen LogP contribution is -2.23. The van der Waals surface area contributed by atoms with E-state index < -0.39 is 5.91 Å². The summed E-state index contributed by atoms with van der Waals surface area (Å²) in [5, 5.41) is 14.3. The predicted molar refractivity (Wildman–Crippen MR) is 83.2 cm³/mol. The van der Waals surface area contributed by atoms with Gasteiger partial charge in [0, 0.05) is 12.1 Å². The van der Waals surface area contributed by atoms with E-state index in [-0.39, 0.29) is 23.7 Å². The van der Waals surface area contributed by atoms with Gasteiger partial charge in [-0.15, -0.1) is 0 Å². The standard InChI is InChI=1S/C18H14FNO2/c19-16-8-4-3-7-14(16)11-20-18(22)15-9-12-5-1-2-6-13(12)10-17(15)21/h1-10,21H,11H2,(H,20,22). The van der Waals surface area contributed by atoms with Gasteiger partial charge in [0.1, 0.15) is 11.6 Å². The molecule has 0 heterocycles. The maximum Gasteiger partial charge on any atom is 0.255 e. The minimum Gasteiger partial charge on any atom is -0.507 e. The van der Waals surface area contributed by atoms with Crippen LogP contribution in [0.3, 0.4) is 0 Å². The molecule has 3 aromatic rings. The van der Waals surface area contributed by atoms with Gasteiger partial charge in [0.05, 0.1) is 5.56 Å². The van der Waals surface area contributed by atoms with Crippen molar-refractivity contribution in [2.75, 3.05) is 0 Å². The second-order valence-electron chi connectivity index (χ2n) is 4.99. The van der Waals surface area contributed by atoms with Gasteiger partial charge >= 0.3 is 0 Å². The summed E-state index contributed by atoms with van der Waals surface area (Å²) in [4.78, 5) is 12.2. The van der Waals surface area contributed by atoms with Gasteiger partial charge in [-0.05, 0) is 29.0 Å². The second kappa shape index (κ2) is 5.85. The van der Waals surface area contributed by atoms with Crippen LogP contribution in [0.1, 0.15) is 15.9 Å². The van der Waals surface area contributed by atoms with E-state index in [1.165, 1.54) is 6.07 Å². The number of carbonyl (C=O) groups excluding carboxylic acids is 1. The van der Waals surface area contributed by atoms with Gasteiger partial charge in [0.2, 0.25) is 0 Å². The molecule has 0 aliphatic rings. The first kappa shape index (κ1) is 14.1. The topological polar surface area (TPSA) is 49.3 Å². The number of rotatable bonds is 3. The Morgan fingerprint density at radius 3 is 2.36 bits per heavy atom. The lowest BCUT2D eigenvalue weighted by molar-refractivity contribution is 0.0948. The molecule has 1 amide bonds. The Morgan fingerprint density at radius 2 is 1.64 bits per heavy atom. The highest BCUT2D eigenvalue weighted by Crippen LogP contribution is 2.25. The Labute approximate surface area is 127 Å². The number of amides is 1. The summed E-state index contributed by atoms with van der Waals surface area (Å²) in [6, 6.07) is 16.9. The molecule has 22 heavy (non-hydrogen) atoms. The van der Waals surface area contributed by atoms with Crippen LogP contribution in [0.4, 0.5) is 4.39 Å². The van der Waals surface area contributed by atoms with Crippen molar-refractivity contribution in [2.45, 2.75) is 6.54 Å². The van der Waals surface area contributed by atoms with Crippen LogP contribution < -0.4 is 5.32 Å². The number of fused-ring (bicyclic) bond motifs is 1. The molecule has 3 rings (SSSR count). The van der Waals surface area contributed by atoms with Gasteiger partial charge < -0.3 is 10.4 Å². The molecule has 0 aliphatic heterocycles. The van der Waals surface area contributed by atoms with E-state index in [9.17, 15) is 14.3 Å². The Kier molecular flexibility index (Phi) is 3.74. The summed E-state index contributed by atoms with van der Waals surface area (Å²) in [6.45, 7) is 0.0672. The molecule has 0 unspecified atom stereocenters. The van der Waals surface area contributed by atoms with Gasteiger partial charge in [0.25, 0.3) is 5.91 Å². The molecule has 0 bridgehead atoms. The minimum atomic E-state index is -0.438. The average molecular weight is 295 g/mol. The zero-order valence-corrected chi connectivity index (χ0v) is 11.7. The Bertz CT molecular complexity index is 845. The van der Waals surface area contributed by atoms with Crippen LogP contribution in [-0.2, 0) is 6.54 Å².